The van der Waals surface area contributed by atoms with Crippen molar-refractivity contribution >= 4 is 45.9 Å². The van der Waals surface area contributed by atoms with Gasteiger partial charge in [0.25, 0.3) is 5.91 Å². The van der Waals surface area contributed by atoms with Gasteiger partial charge in [-0.05, 0) is 24.6 Å². The Balaban J connectivity index is 1.78. The number of primary amides is 1. The molecule has 2 amide bonds. The topological polar surface area (TPSA) is 142 Å². The molecule has 3 heterocycles. The number of aromatic nitrogens is 4. The number of hydrogen-bond acceptors (Lipinski definition) is 9. The van der Waals surface area contributed by atoms with Crippen molar-refractivity contribution in [2.24, 2.45) is 5.73 Å². The second kappa shape index (κ2) is 10.2. The molecule has 0 bridgehead atoms. The summed E-state index contributed by atoms with van der Waals surface area (Å²) in [5.74, 6) is -1.15. The van der Waals surface area contributed by atoms with Gasteiger partial charge >= 0.3 is 5.97 Å². The summed E-state index contributed by atoms with van der Waals surface area (Å²) in [6, 6.07) is 3.66. The van der Waals surface area contributed by atoms with Crippen molar-refractivity contribution in [3.05, 3.63) is 53.2 Å². The van der Waals surface area contributed by atoms with Crippen LogP contribution in [0.15, 0.2) is 42.3 Å². The molecule has 0 atom stereocenters. The molecule has 0 saturated heterocycles. The predicted octanol–water partition coefficient (Wildman–Crippen LogP) is 2.51. The molecule has 0 fully saturated rings. The molecular formula is C20H20N6O4S2. The Kier molecular flexibility index (Phi) is 7.38. The second-order valence-corrected chi connectivity index (χ2v) is 8.36. The molecule has 3 rings (SSSR count). The lowest BCUT2D eigenvalue weighted by molar-refractivity contribution is -0.113. The summed E-state index contributed by atoms with van der Waals surface area (Å²) < 4.78 is 6.59. The molecular weight excluding hydrogens is 452 g/mol. The molecule has 0 radical (unpaired) electrons. The van der Waals surface area contributed by atoms with Crippen LogP contribution in [0, 0.1) is 6.92 Å². The number of thioether (sulfide) groups is 1. The summed E-state index contributed by atoms with van der Waals surface area (Å²) >= 11 is 2.10. The van der Waals surface area contributed by atoms with Gasteiger partial charge in [0.05, 0.1) is 23.3 Å². The number of nitrogens with zero attached hydrogens (tertiary/aromatic N) is 4. The number of carbonyl (C=O) groups excluding carboxylic acids is 3. The number of esters is 1. The molecule has 3 aromatic heterocycles. The van der Waals surface area contributed by atoms with Crippen molar-refractivity contribution in [3.63, 3.8) is 0 Å². The first-order chi connectivity index (χ1) is 15.4. The van der Waals surface area contributed by atoms with Crippen LogP contribution in [0.4, 0.5) is 5.00 Å². The number of allylic oxidation sites excluding steroid dienone is 1. The number of amides is 2. The highest BCUT2D eigenvalue weighted by Gasteiger charge is 2.25. The number of pyridine rings is 1. The fraction of sp³-hybridized carbons (Fsp3) is 0.200. The Hall–Kier alpha value is -3.51. The van der Waals surface area contributed by atoms with E-state index in [1.807, 2.05) is 10.6 Å². The van der Waals surface area contributed by atoms with Crippen LogP contribution in [-0.4, -0.2) is 50.4 Å². The third kappa shape index (κ3) is 4.86. The fourth-order valence-electron chi connectivity index (χ4n) is 2.87. The van der Waals surface area contributed by atoms with E-state index in [0.29, 0.717) is 23.1 Å². The summed E-state index contributed by atoms with van der Waals surface area (Å²) in [6.45, 7) is 5.78. The minimum atomic E-state index is -0.687. The van der Waals surface area contributed by atoms with E-state index in [1.165, 1.54) is 18.9 Å². The number of carbonyl (C=O) groups is 3. The molecule has 166 valence electrons. The normalized spacial score (nSPS) is 10.6. The van der Waals surface area contributed by atoms with Gasteiger partial charge in [-0.1, -0.05) is 17.8 Å². The van der Waals surface area contributed by atoms with Gasteiger partial charge in [0.15, 0.2) is 11.0 Å². The molecule has 0 aromatic carbocycles. The zero-order valence-electron chi connectivity index (χ0n) is 17.3. The monoisotopic (exact) mass is 472 g/mol. The van der Waals surface area contributed by atoms with Crippen molar-refractivity contribution in [1.82, 2.24) is 19.7 Å². The number of hydrogen-bond donors (Lipinski definition) is 2. The molecule has 32 heavy (non-hydrogen) atoms. The van der Waals surface area contributed by atoms with Gasteiger partial charge in [0, 0.05) is 24.5 Å². The van der Waals surface area contributed by atoms with Crippen molar-refractivity contribution in [2.75, 3.05) is 18.2 Å². The van der Waals surface area contributed by atoms with Gasteiger partial charge in [0.2, 0.25) is 5.91 Å². The minimum absolute atomic E-state index is 0.00815. The van der Waals surface area contributed by atoms with Crippen LogP contribution in [0.5, 0.6) is 0 Å². The molecule has 0 saturated carbocycles. The van der Waals surface area contributed by atoms with Gasteiger partial charge in [-0.15, -0.1) is 28.1 Å². The Labute approximate surface area is 191 Å². The zero-order valence-corrected chi connectivity index (χ0v) is 19.0. The number of nitrogens with two attached hydrogens (primary N) is 1. The number of methoxy groups -OCH3 is 1. The third-order valence-electron chi connectivity index (χ3n) is 4.29. The van der Waals surface area contributed by atoms with E-state index < -0.39 is 17.8 Å². The number of nitrogens with one attached hydrogen (secondary N) is 1. The van der Waals surface area contributed by atoms with Crippen molar-refractivity contribution < 1.29 is 19.1 Å². The lowest BCUT2D eigenvalue weighted by Gasteiger charge is -2.08. The van der Waals surface area contributed by atoms with E-state index in [9.17, 15) is 14.4 Å². The van der Waals surface area contributed by atoms with E-state index in [2.05, 4.69) is 27.1 Å². The number of ether oxygens (including phenoxy) is 1. The average molecular weight is 473 g/mol. The first-order valence-corrected chi connectivity index (χ1v) is 11.1. The molecule has 0 aliphatic carbocycles. The molecule has 0 unspecified atom stereocenters. The fourth-order valence-corrected chi connectivity index (χ4v) is 4.69. The van der Waals surface area contributed by atoms with Crippen LogP contribution >= 0.6 is 23.1 Å². The molecule has 0 spiro atoms. The van der Waals surface area contributed by atoms with E-state index in [4.69, 9.17) is 10.5 Å². The lowest BCUT2D eigenvalue weighted by atomic mass is 10.1. The van der Waals surface area contributed by atoms with Gasteiger partial charge in [-0.3, -0.25) is 19.1 Å². The van der Waals surface area contributed by atoms with Crippen LogP contribution in [0.2, 0.25) is 0 Å². The summed E-state index contributed by atoms with van der Waals surface area (Å²) in [5, 5.41) is 11.8. The van der Waals surface area contributed by atoms with Crippen LogP contribution in [0.1, 0.15) is 25.6 Å². The van der Waals surface area contributed by atoms with Crippen molar-refractivity contribution in [3.8, 4) is 11.4 Å². The Morgan fingerprint density at radius 1 is 1.38 bits per heavy atom. The highest BCUT2D eigenvalue weighted by atomic mass is 32.2. The molecule has 0 aliphatic heterocycles. The van der Waals surface area contributed by atoms with Gasteiger partial charge < -0.3 is 15.8 Å². The Bertz CT molecular complexity index is 1170. The van der Waals surface area contributed by atoms with E-state index >= 15 is 0 Å². The summed E-state index contributed by atoms with van der Waals surface area (Å²) in [7, 11) is 1.22. The van der Waals surface area contributed by atoms with Crippen molar-refractivity contribution in [2.45, 2.75) is 18.6 Å². The zero-order chi connectivity index (χ0) is 23.3. The highest BCUT2D eigenvalue weighted by Crippen LogP contribution is 2.33. The first kappa shape index (κ1) is 23.2. The van der Waals surface area contributed by atoms with Crippen LogP contribution < -0.4 is 11.1 Å². The maximum absolute atomic E-state index is 12.6. The Morgan fingerprint density at radius 3 is 2.78 bits per heavy atom. The maximum Gasteiger partial charge on any atom is 0.341 e. The second-order valence-electron chi connectivity index (χ2n) is 6.40. The Morgan fingerprint density at radius 2 is 2.16 bits per heavy atom. The van der Waals surface area contributed by atoms with E-state index in [1.54, 1.807) is 31.5 Å². The van der Waals surface area contributed by atoms with Gasteiger partial charge in [0.1, 0.15) is 5.00 Å². The highest BCUT2D eigenvalue weighted by molar-refractivity contribution is 7.99. The predicted molar refractivity (Wildman–Crippen MR) is 122 cm³/mol. The smallest absolute Gasteiger partial charge is 0.341 e. The number of thiophene rings is 1. The maximum atomic E-state index is 12.6. The van der Waals surface area contributed by atoms with E-state index in [0.717, 1.165) is 16.9 Å². The van der Waals surface area contributed by atoms with Crippen LogP contribution in [0.25, 0.3) is 11.4 Å². The molecule has 10 nitrogen and oxygen atoms in total. The molecule has 3 N–H and O–H groups in total. The minimum Gasteiger partial charge on any atom is -0.465 e. The summed E-state index contributed by atoms with van der Waals surface area (Å²) in [5.41, 5.74) is 6.63. The van der Waals surface area contributed by atoms with Gasteiger partial charge in [-0.25, -0.2) is 4.79 Å². The average Bonchev–Trinajstić information content (AvgIpc) is 3.33. The quantitative estimate of drug-likeness (QED) is 0.275. The standard InChI is InChI=1S/C20H20N6O4S2/c1-4-8-26-17(12-6-5-7-22-9-12)24-25-20(26)31-10-13(27)23-18-14(19(29)30-3)11(2)15(32-18)16(21)28/h4-7,9H,1,8,10H2,2-3H3,(H2,21,28)(H,23,27). The SMILES string of the molecule is C=CCn1c(SCC(=O)Nc2sc(C(N)=O)c(C)c2C(=O)OC)nnc1-c1cccnc1. The van der Waals surface area contributed by atoms with Crippen molar-refractivity contribution in [1.29, 1.82) is 0 Å². The molecule has 12 heteroatoms. The lowest BCUT2D eigenvalue weighted by Crippen LogP contribution is -2.16. The van der Waals surface area contributed by atoms with E-state index in [-0.39, 0.29) is 21.2 Å². The molecule has 3 aromatic rings. The van der Waals surface area contributed by atoms with Crippen LogP contribution in [-0.2, 0) is 16.1 Å². The summed E-state index contributed by atoms with van der Waals surface area (Å²) in [6.07, 6.45) is 5.04. The summed E-state index contributed by atoms with van der Waals surface area (Å²) in [4.78, 5) is 40.7. The number of rotatable bonds is 9. The molecule has 0 aliphatic rings. The van der Waals surface area contributed by atoms with Gasteiger partial charge in [-0.2, -0.15) is 0 Å². The first-order valence-electron chi connectivity index (χ1n) is 9.26. The van der Waals surface area contributed by atoms with Crippen LogP contribution in [0.3, 0.4) is 0 Å². The largest absolute Gasteiger partial charge is 0.465 e. The third-order valence-corrected chi connectivity index (χ3v) is 6.48. The number of anilines is 1.